The van der Waals surface area contributed by atoms with Gasteiger partial charge in [0.05, 0.1) is 6.04 Å². The van der Waals surface area contributed by atoms with Crippen molar-refractivity contribution in [2.75, 3.05) is 13.1 Å². The third-order valence-corrected chi connectivity index (χ3v) is 11.0. The first-order valence-electron chi connectivity index (χ1n) is 17.4. The third kappa shape index (κ3) is 12.1. The van der Waals surface area contributed by atoms with Gasteiger partial charge in [-0.05, 0) is 73.7 Å². The van der Waals surface area contributed by atoms with E-state index in [0.717, 1.165) is 21.6 Å². The molecule has 0 radical (unpaired) electrons. The van der Waals surface area contributed by atoms with Crippen molar-refractivity contribution in [3.63, 3.8) is 0 Å². The number of hydrogen-bond donors (Lipinski definition) is 6. The maximum Gasteiger partial charge on any atom is 0.245 e. The van der Waals surface area contributed by atoms with Crippen molar-refractivity contribution in [3.8, 4) is 0 Å². The van der Waals surface area contributed by atoms with Gasteiger partial charge < -0.3 is 36.9 Å². The number of unbranched alkanes of at least 4 members (excludes halogenated alkanes) is 1. The molecule has 0 saturated carbocycles. The van der Waals surface area contributed by atoms with Gasteiger partial charge >= 0.3 is 0 Å². The molecular weight excluding hydrogens is 689 g/mol. The van der Waals surface area contributed by atoms with Crippen molar-refractivity contribution in [2.45, 2.75) is 93.7 Å². The van der Waals surface area contributed by atoms with Crippen molar-refractivity contribution < 1.29 is 27.9 Å². The van der Waals surface area contributed by atoms with E-state index in [9.17, 15) is 27.9 Å². The molecule has 0 bridgehead atoms. The van der Waals surface area contributed by atoms with Crippen molar-refractivity contribution in [1.82, 2.24) is 20.9 Å². The van der Waals surface area contributed by atoms with E-state index in [4.69, 9.17) is 11.5 Å². The summed E-state index contributed by atoms with van der Waals surface area (Å²) in [5, 5.41) is 8.63. The number of fused-ring (bicyclic) bond motifs is 1. The van der Waals surface area contributed by atoms with Gasteiger partial charge in [-0.15, -0.1) is 11.3 Å². The molecule has 276 valence electrons. The number of carbonyl (C=O) groups is 4. The Morgan fingerprint density at radius 3 is 2.06 bits per heavy atom. The van der Waals surface area contributed by atoms with Gasteiger partial charge in [0.25, 0.3) is 0 Å². The topological polar surface area (TPSA) is 197 Å². The molecule has 4 amide bonds. The third-order valence-electron chi connectivity index (χ3n) is 8.78. The molecular formula is C37H50N6O6S2. The maximum absolute atomic E-state index is 13.9. The highest BCUT2D eigenvalue weighted by atomic mass is 32.2. The molecule has 0 fully saturated rings. The van der Waals surface area contributed by atoms with Gasteiger partial charge in [-0.2, -0.15) is 0 Å². The van der Waals surface area contributed by atoms with Gasteiger partial charge in [-0.25, -0.2) is 4.21 Å². The number of benzene rings is 2. The monoisotopic (exact) mass is 738 g/mol. The van der Waals surface area contributed by atoms with E-state index in [2.05, 4.69) is 16.0 Å². The Kier molecular flexibility index (Phi) is 15.3. The number of hydrogen-bond acceptors (Lipinski definition) is 8. The predicted octanol–water partition coefficient (Wildman–Crippen LogP) is 2.66. The highest BCUT2D eigenvalue weighted by molar-refractivity contribution is 7.81. The van der Waals surface area contributed by atoms with E-state index in [1.807, 2.05) is 74.5 Å². The van der Waals surface area contributed by atoms with Gasteiger partial charge in [0.1, 0.15) is 22.3 Å². The molecule has 3 aromatic rings. The van der Waals surface area contributed by atoms with Crippen LogP contribution in [0.15, 0.2) is 70.9 Å². The SMILES string of the molecule is CC(C)C[C@@H](NC(=O)[C@@H](Cc1ccccc1)NC(=O)[C@H](N)Cc1ccccc1)C(=O)N[C@H](CCCCN)C(=O)N1CCc2sc(S(=O)O)cc2C1. The van der Waals surface area contributed by atoms with Crippen molar-refractivity contribution in [2.24, 2.45) is 17.4 Å². The lowest BCUT2D eigenvalue weighted by atomic mass is 9.99. The minimum Gasteiger partial charge on any atom is -0.343 e. The Morgan fingerprint density at radius 1 is 0.863 bits per heavy atom. The maximum atomic E-state index is 13.9. The number of nitrogens with one attached hydrogen (secondary N) is 3. The van der Waals surface area contributed by atoms with Crippen molar-refractivity contribution in [3.05, 3.63) is 88.3 Å². The van der Waals surface area contributed by atoms with Crippen LogP contribution in [0.3, 0.4) is 0 Å². The standard InChI is InChI=1S/C37H50N6O6S2/c1-24(2)19-30(35(45)40-29(15-9-10-17-38)37(47)43-18-16-32-27(23-43)22-33(50-32)51(48)49)42-36(46)31(21-26-13-7-4-8-14-26)41-34(44)28(39)20-25-11-5-3-6-12-25/h3-8,11-14,22,24,28-31H,9-10,15-21,23,38-39H2,1-2H3,(H,40,45)(H,41,44)(H,42,46)(H,48,49)/t28-,29-,30-,31-/m1/s1. The molecule has 1 aromatic heterocycles. The van der Waals surface area contributed by atoms with Crippen LogP contribution in [0.1, 0.15) is 61.1 Å². The van der Waals surface area contributed by atoms with Gasteiger partial charge in [0.15, 0.2) is 11.1 Å². The summed E-state index contributed by atoms with van der Waals surface area (Å²) in [6, 6.07) is 16.5. The van der Waals surface area contributed by atoms with Crippen molar-refractivity contribution in [1.29, 1.82) is 0 Å². The molecule has 5 atom stereocenters. The van der Waals surface area contributed by atoms with Crippen LogP contribution in [0.5, 0.6) is 0 Å². The summed E-state index contributed by atoms with van der Waals surface area (Å²) in [4.78, 5) is 57.7. The second kappa shape index (κ2) is 19.6. The Bertz CT molecular complexity index is 1640. The minimum absolute atomic E-state index is 0.0132. The van der Waals surface area contributed by atoms with E-state index >= 15 is 0 Å². The summed E-state index contributed by atoms with van der Waals surface area (Å²) < 4.78 is 21.5. The molecule has 12 nitrogen and oxygen atoms in total. The lowest BCUT2D eigenvalue weighted by Gasteiger charge is -2.32. The van der Waals surface area contributed by atoms with Crippen LogP contribution < -0.4 is 27.4 Å². The highest BCUT2D eigenvalue weighted by Gasteiger charge is 2.33. The van der Waals surface area contributed by atoms with Gasteiger partial charge in [0, 0.05) is 24.4 Å². The Hall–Kier alpha value is -3.95. The summed E-state index contributed by atoms with van der Waals surface area (Å²) >= 11 is -0.830. The zero-order chi connectivity index (χ0) is 36.9. The Morgan fingerprint density at radius 2 is 1.45 bits per heavy atom. The molecule has 8 N–H and O–H groups in total. The smallest absolute Gasteiger partial charge is 0.245 e. The summed E-state index contributed by atoms with van der Waals surface area (Å²) in [6.45, 7) is 4.98. The van der Waals surface area contributed by atoms with Crippen LogP contribution >= 0.6 is 11.3 Å². The Balaban J connectivity index is 1.49. The number of rotatable bonds is 18. The number of carbonyl (C=O) groups excluding carboxylic acids is 4. The molecule has 1 unspecified atom stereocenters. The van der Waals surface area contributed by atoms with E-state index in [1.54, 1.807) is 11.0 Å². The molecule has 0 saturated heterocycles. The summed E-state index contributed by atoms with van der Waals surface area (Å²) in [7, 11) is 0. The second-order valence-electron chi connectivity index (χ2n) is 13.4. The Labute approximate surface area is 306 Å². The zero-order valence-electron chi connectivity index (χ0n) is 29.2. The molecule has 51 heavy (non-hydrogen) atoms. The normalized spacial score (nSPS) is 15.6. The zero-order valence-corrected chi connectivity index (χ0v) is 30.8. The lowest BCUT2D eigenvalue weighted by molar-refractivity contribution is -0.138. The first-order chi connectivity index (χ1) is 24.4. The van der Waals surface area contributed by atoms with Crippen molar-refractivity contribution >= 4 is 46.0 Å². The fraction of sp³-hybridized carbons (Fsp3) is 0.459. The largest absolute Gasteiger partial charge is 0.343 e. The lowest BCUT2D eigenvalue weighted by Crippen LogP contribution is -2.58. The van der Waals surface area contributed by atoms with E-state index in [-0.39, 0.29) is 31.2 Å². The van der Waals surface area contributed by atoms with E-state index < -0.39 is 53.0 Å². The van der Waals surface area contributed by atoms with Gasteiger partial charge in [-0.1, -0.05) is 74.5 Å². The quantitative estimate of drug-likeness (QED) is 0.0846. The predicted molar refractivity (Wildman–Crippen MR) is 199 cm³/mol. The summed E-state index contributed by atoms with van der Waals surface area (Å²) in [6.07, 6.45) is 2.93. The molecule has 0 aliphatic carbocycles. The van der Waals surface area contributed by atoms with E-state index in [1.165, 1.54) is 11.3 Å². The fourth-order valence-corrected chi connectivity index (χ4v) is 7.82. The molecule has 2 heterocycles. The van der Waals surface area contributed by atoms with Crippen LogP contribution in [-0.2, 0) is 56.1 Å². The molecule has 14 heteroatoms. The van der Waals surface area contributed by atoms with Crippen LogP contribution in [0.2, 0.25) is 0 Å². The van der Waals surface area contributed by atoms with Crippen LogP contribution in [-0.4, -0.2) is 74.5 Å². The molecule has 4 rings (SSSR count). The number of nitrogens with two attached hydrogens (primary N) is 2. The van der Waals surface area contributed by atoms with Crippen LogP contribution in [0.4, 0.5) is 0 Å². The van der Waals surface area contributed by atoms with Gasteiger partial charge in [0.2, 0.25) is 23.6 Å². The molecule has 2 aromatic carbocycles. The number of thiophene rings is 1. The summed E-state index contributed by atoms with van der Waals surface area (Å²) in [5.41, 5.74) is 14.5. The first-order valence-corrected chi connectivity index (χ1v) is 19.3. The molecule has 1 aliphatic heterocycles. The average molecular weight is 739 g/mol. The molecule has 0 spiro atoms. The van der Waals surface area contributed by atoms with Crippen LogP contribution in [0, 0.1) is 5.92 Å². The average Bonchev–Trinajstić information content (AvgIpc) is 3.55. The van der Waals surface area contributed by atoms with E-state index in [0.29, 0.717) is 49.4 Å². The second-order valence-corrected chi connectivity index (χ2v) is 15.7. The van der Waals surface area contributed by atoms with Gasteiger partial charge in [-0.3, -0.25) is 19.2 Å². The fourth-order valence-electron chi connectivity index (χ4n) is 6.10. The summed E-state index contributed by atoms with van der Waals surface area (Å²) in [5.74, 6) is -1.78. The number of nitrogens with zero attached hydrogens (tertiary/aromatic N) is 1. The minimum atomic E-state index is -2.10. The highest BCUT2D eigenvalue weighted by Crippen LogP contribution is 2.30. The first kappa shape index (κ1) is 39.8. The molecule has 1 aliphatic rings. The number of amides is 4. The van der Waals surface area contributed by atoms with Crippen LogP contribution in [0.25, 0.3) is 0 Å².